The van der Waals surface area contributed by atoms with Gasteiger partial charge in [0.1, 0.15) is 4.88 Å². The van der Waals surface area contributed by atoms with E-state index in [1.54, 1.807) is 0 Å². The van der Waals surface area contributed by atoms with E-state index in [0.717, 1.165) is 22.4 Å². The first kappa shape index (κ1) is 15.0. The lowest BCUT2D eigenvalue weighted by molar-refractivity contribution is 0.0946. The number of rotatable bonds is 5. The van der Waals surface area contributed by atoms with Crippen molar-refractivity contribution in [3.63, 3.8) is 0 Å². The molecule has 1 aliphatic heterocycles. The summed E-state index contributed by atoms with van der Waals surface area (Å²) in [5.74, 6) is 0.535. The fourth-order valence-corrected chi connectivity index (χ4v) is 3.92. The zero-order valence-corrected chi connectivity index (χ0v) is 13.7. The molecule has 1 fully saturated rings. The Morgan fingerprint density at radius 2 is 2.21 bits per heavy atom. The van der Waals surface area contributed by atoms with Gasteiger partial charge in [-0.25, -0.2) is 0 Å². The fourth-order valence-electron chi connectivity index (χ4n) is 2.45. The SMILES string of the molecule is CC(CNC(=O)c1sccc1Br)CN1CCCCC1. The summed E-state index contributed by atoms with van der Waals surface area (Å²) in [4.78, 5) is 15.3. The minimum atomic E-state index is 0.0346. The summed E-state index contributed by atoms with van der Waals surface area (Å²) in [5, 5.41) is 4.96. The van der Waals surface area contributed by atoms with E-state index < -0.39 is 0 Å². The highest BCUT2D eigenvalue weighted by molar-refractivity contribution is 9.10. The van der Waals surface area contributed by atoms with E-state index in [0.29, 0.717) is 5.92 Å². The maximum Gasteiger partial charge on any atom is 0.262 e. The van der Waals surface area contributed by atoms with Crippen LogP contribution in [0, 0.1) is 5.92 Å². The molecule has 1 aromatic rings. The molecule has 2 heterocycles. The second kappa shape index (κ2) is 7.41. The van der Waals surface area contributed by atoms with E-state index >= 15 is 0 Å². The molecular formula is C14H21BrN2OS. The quantitative estimate of drug-likeness (QED) is 0.888. The number of halogens is 1. The van der Waals surface area contributed by atoms with Crippen LogP contribution in [0.25, 0.3) is 0 Å². The van der Waals surface area contributed by atoms with Gasteiger partial charge in [0.05, 0.1) is 0 Å². The van der Waals surface area contributed by atoms with Crippen LogP contribution >= 0.6 is 27.3 Å². The van der Waals surface area contributed by atoms with Crippen molar-refractivity contribution in [1.29, 1.82) is 0 Å². The van der Waals surface area contributed by atoms with Crippen LogP contribution in [0.5, 0.6) is 0 Å². The van der Waals surface area contributed by atoms with Gasteiger partial charge in [0.25, 0.3) is 5.91 Å². The minimum absolute atomic E-state index is 0.0346. The molecule has 1 saturated heterocycles. The molecule has 1 N–H and O–H groups in total. The second-order valence-electron chi connectivity index (χ2n) is 5.27. The largest absolute Gasteiger partial charge is 0.351 e. The van der Waals surface area contributed by atoms with Crippen LogP contribution in [0.4, 0.5) is 0 Å². The molecule has 1 aromatic heterocycles. The van der Waals surface area contributed by atoms with Gasteiger partial charge >= 0.3 is 0 Å². The lowest BCUT2D eigenvalue weighted by Gasteiger charge is -2.29. The molecule has 0 aromatic carbocycles. The fraction of sp³-hybridized carbons (Fsp3) is 0.643. The number of carbonyl (C=O) groups excluding carboxylic acids is 1. The molecule has 0 spiro atoms. The van der Waals surface area contributed by atoms with Crippen molar-refractivity contribution in [1.82, 2.24) is 10.2 Å². The maximum atomic E-state index is 12.0. The molecule has 1 atom stereocenters. The maximum absolute atomic E-state index is 12.0. The third-order valence-corrected chi connectivity index (χ3v) is 5.29. The molecular weight excluding hydrogens is 324 g/mol. The molecule has 0 bridgehead atoms. The lowest BCUT2D eigenvalue weighted by Crippen LogP contribution is -2.37. The molecule has 0 radical (unpaired) electrons. The Bertz CT molecular complexity index is 415. The molecule has 1 aliphatic rings. The number of thiophene rings is 1. The summed E-state index contributed by atoms with van der Waals surface area (Å²) in [6, 6.07) is 1.91. The normalized spacial score (nSPS) is 18.2. The first-order chi connectivity index (χ1) is 9.16. The van der Waals surface area contributed by atoms with Crippen molar-refractivity contribution in [3.8, 4) is 0 Å². The molecule has 106 valence electrons. The topological polar surface area (TPSA) is 32.3 Å². The molecule has 19 heavy (non-hydrogen) atoms. The van der Waals surface area contributed by atoms with Gasteiger partial charge in [0, 0.05) is 17.6 Å². The summed E-state index contributed by atoms with van der Waals surface area (Å²) >= 11 is 4.87. The molecule has 3 nitrogen and oxygen atoms in total. The van der Waals surface area contributed by atoms with Crippen LogP contribution in [-0.2, 0) is 0 Å². The Morgan fingerprint density at radius 1 is 1.47 bits per heavy atom. The number of likely N-dealkylation sites (tertiary alicyclic amines) is 1. The summed E-state index contributed by atoms with van der Waals surface area (Å²) in [7, 11) is 0. The summed E-state index contributed by atoms with van der Waals surface area (Å²) < 4.78 is 0.888. The average molecular weight is 345 g/mol. The molecule has 1 amide bonds. The van der Waals surface area contributed by atoms with E-state index in [-0.39, 0.29) is 5.91 Å². The Balaban J connectivity index is 1.72. The number of carbonyl (C=O) groups is 1. The average Bonchev–Trinajstić information content (AvgIpc) is 2.83. The van der Waals surface area contributed by atoms with Gasteiger partial charge in [0.2, 0.25) is 0 Å². The molecule has 2 rings (SSSR count). The van der Waals surface area contributed by atoms with Crippen molar-refractivity contribution in [2.75, 3.05) is 26.2 Å². The van der Waals surface area contributed by atoms with Crippen LogP contribution in [0.15, 0.2) is 15.9 Å². The molecule has 5 heteroatoms. The third-order valence-electron chi connectivity index (χ3n) is 3.45. The number of nitrogens with zero attached hydrogens (tertiary/aromatic N) is 1. The van der Waals surface area contributed by atoms with Crippen LogP contribution in [0.3, 0.4) is 0 Å². The van der Waals surface area contributed by atoms with Gasteiger partial charge in [-0.2, -0.15) is 0 Å². The van der Waals surface area contributed by atoms with Gasteiger partial charge in [0.15, 0.2) is 0 Å². The Hall–Kier alpha value is -0.390. The Kier molecular flexibility index (Phi) is 5.85. The van der Waals surface area contributed by atoms with Crippen LogP contribution in [0.2, 0.25) is 0 Å². The number of piperidine rings is 1. The van der Waals surface area contributed by atoms with Crippen LogP contribution < -0.4 is 5.32 Å². The molecule has 0 saturated carbocycles. The number of hydrogen-bond donors (Lipinski definition) is 1. The monoisotopic (exact) mass is 344 g/mol. The van der Waals surface area contributed by atoms with Crippen molar-refractivity contribution in [2.45, 2.75) is 26.2 Å². The van der Waals surface area contributed by atoms with Gasteiger partial charge in [-0.15, -0.1) is 11.3 Å². The van der Waals surface area contributed by atoms with E-state index in [1.165, 1.54) is 43.7 Å². The van der Waals surface area contributed by atoms with E-state index in [9.17, 15) is 4.79 Å². The number of nitrogens with one attached hydrogen (secondary N) is 1. The van der Waals surface area contributed by atoms with Crippen molar-refractivity contribution < 1.29 is 4.79 Å². The predicted molar refractivity (Wildman–Crippen MR) is 83.8 cm³/mol. The van der Waals surface area contributed by atoms with E-state index in [1.807, 2.05) is 11.4 Å². The van der Waals surface area contributed by atoms with Crippen LogP contribution in [-0.4, -0.2) is 37.0 Å². The van der Waals surface area contributed by atoms with Crippen LogP contribution in [0.1, 0.15) is 35.9 Å². The van der Waals surface area contributed by atoms with Crippen molar-refractivity contribution >= 4 is 33.2 Å². The van der Waals surface area contributed by atoms with Crippen molar-refractivity contribution in [2.24, 2.45) is 5.92 Å². The number of amides is 1. The highest BCUT2D eigenvalue weighted by atomic mass is 79.9. The number of hydrogen-bond acceptors (Lipinski definition) is 3. The van der Waals surface area contributed by atoms with E-state index in [2.05, 4.69) is 33.1 Å². The minimum Gasteiger partial charge on any atom is -0.351 e. The zero-order chi connectivity index (χ0) is 13.7. The molecule has 1 unspecified atom stereocenters. The van der Waals surface area contributed by atoms with Gasteiger partial charge < -0.3 is 10.2 Å². The Labute approximate surface area is 127 Å². The second-order valence-corrected chi connectivity index (χ2v) is 7.04. The summed E-state index contributed by atoms with van der Waals surface area (Å²) in [6.45, 7) is 6.48. The smallest absolute Gasteiger partial charge is 0.262 e. The zero-order valence-electron chi connectivity index (χ0n) is 11.3. The highest BCUT2D eigenvalue weighted by Gasteiger charge is 2.15. The van der Waals surface area contributed by atoms with Gasteiger partial charge in [-0.05, 0) is 59.2 Å². The van der Waals surface area contributed by atoms with Crippen molar-refractivity contribution in [3.05, 3.63) is 20.8 Å². The summed E-state index contributed by atoms with van der Waals surface area (Å²) in [6.07, 6.45) is 4.01. The summed E-state index contributed by atoms with van der Waals surface area (Å²) in [5.41, 5.74) is 0. The van der Waals surface area contributed by atoms with Gasteiger partial charge in [-0.1, -0.05) is 13.3 Å². The predicted octanol–water partition coefficient (Wildman–Crippen LogP) is 3.36. The third kappa shape index (κ3) is 4.58. The molecule has 0 aliphatic carbocycles. The van der Waals surface area contributed by atoms with E-state index in [4.69, 9.17) is 0 Å². The lowest BCUT2D eigenvalue weighted by atomic mass is 10.1. The van der Waals surface area contributed by atoms with Gasteiger partial charge in [-0.3, -0.25) is 4.79 Å². The Morgan fingerprint density at radius 3 is 2.84 bits per heavy atom. The first-order valence-corrected chi connectivity index (χ1v) is 8.57. The highest BCUT2D eigenvalue weighted by Crippen LogP contribution is 2.22. The first-order valence-electron chi connectivity index (χ1n) is 6.90. The standard InChI is InChI=1S/C14H21BrN2OS/c1-11(10-17-6-3-2-4-7-17)9-16-14(18)13-12(15)5-8-19-13/h5,8,11H,2-4,6-7,9-10H2,1H3,(H,16,18).